The first-order chi connectivity index (χ1) is 12.8. The summed E-state index contributed by atoms with van der Waals surface area (Å²) in [6, 6.07) is 4.51. The minimum absolute atomic E-state index is 0.388. The van der Waals surface area contributed by atoms with Crippen LogP contribution in [0, 0.1) is 23.2 Å². The van der Waals surface area contributed by atoms with E-state index in [9.17, 15) is 4.79 Å². The summed E-state index contributed by atoms with van der Waals surface area (Å²) in [7, 11) is 0. The molecule has 138 valence electrons. The van der Waals surface area contributed by atoms with E-state index in [1.807, 2.05) is 18.5 Å². The highest BCUT2D eigenvalue weighted by Gasteiger charge is 2.62. The SMILES string of the molecule is O=C1CC[C@@H](CCNCc2cccnc2)N1C[C@H]1C[C@H]2C=C[C@H]1C21CC1. The zero-order chi connectivity index (χ0) is 17.6. The Bertz CT molecular complexity index is 697. The van der Waals surface area contributed by atoms with E-state index in [1.165, 1.54) is 24.8 Å². The van der Waals surface area contributed by atoms with Crippen molar-refractivity contribution in [2.75, 3.05) is 13.1 Å². The highest BCUT2D eigenvalue weighted by atomic mass is 16.2. The van der Waals surface area contributed by atoms with Crippen LogP contribution in [0.1, 0.15) is 44.1 Å². The van der Waals surface area contributed by atoms with E-state index >= 15 is 0 Å². The third kappa shape index (κ3) is 2.79. The fraction of sp³-hybridized carbons (Fsp3) is 0.636. The fourth-order valence-electron chi connectivity index (χ4n) is 5.93. The van der Waals surface area contributed by atoms with Crippen LogP contribution < -0.4 is 5.32 Å². The van der Waals surface area contributed by atoms with Crippen LogP contribution in [-0.4, -0.2) is 34.9 Å². The second-order valence-corrected chi connectivity index (χ2v) is 8.81. The Hall–Kier alpha value is -1.68. The quantitative estimate of drug-likeness (QED) is 0.606. The van der Waals surface area contributed by atoms with Gasteiger partial charge in [-0.05, 0) is 73.4 Å². The molecule has 4 nitrogen and oxygen atoms in total. The molecule has 0 radical (unpaired) electrons. The summed E-state index contributed by atoms with van der Waals surface area (Å²) in [6.45, 7) is 2.82. The lowest BCUT2D eigenvalue weighted by Crippen LogP contribution is -2.39. The summed E-state index contributed by atoms with van der Waals surface area (Å²) >= 11 is 0. The number of nitrogens with zero attached hydrogens (tertiary/aromatic N) is 2. The summed E-state index contributed by atoms with van der Waals surface area (Å²) in [5.41, 5.74) is 1.85. The molecule has 1 N–H and O–H groups in total. The summed E-state index contributed by atoms with van der Waals surface area (Å²) in [6.07, 6.45) is 15.7. The van der Waals surface area contributed by atoms with Gasteiger partial charge in [0.1, 0.15) is 0 Å². The first-order valence-corrected chi connectivity index (χ1v) is 10.3. The van der Waals surface area contributed by atoms with Crippen LogP contribution in [0.5, 0.6) is 0 Å². The number of amides is 1. The molecule has 1 spiro atoms. The molecule has 2 heterocycles. The molecule has 5 rings (SSSR count). The summed E-state index contributed by atoms with van der Waals surface area (Å²) in [5, 5.41) is 3.52. The lowest BCUT2D eigenvalue weighted by Gasteiger charge is -2.30. The number of hydrogen-bond acceptors (Lipinski definition) is 3. The maximum absolute atomic E-state index is 12.5. The largest absolute Gasteiger partial charge is 0.339 e. The fourth-order valence-corrected chi connectivity index (χ4v) is 5.93. The van der Waals surface area contributed by atoms with E-state index in [4.69, 9.17) is 0 Å². The molecule has 1 saturated heterocycles. The first-order valence-electron chi connectivity index (χ1n) is 10.3. The lowest BCUT2D eigenvalue weighted by molar-refractivity contribution is -0.129. The Morgan fingerprint density at radius 1 is 1.31 bits per heavy atom. The number of pyridine rings is 1. The number of carbonyl (C=O) groups excluding carboxylic acids is 1. The van der Waals surface area contributed by atoms with E-state index in [1.54, 1.807) is 0 Å². The first kappa shape index (κ1) is 16.5. The third-order valence-corrected chi connectivity index (χ3v) is 7.43. The van der Waals surface area contributed by atoms with Crippen LogP contribution in [0.3, 0.4) is 0 Å². The number of likely N-dealkylation sites (tertiary alicyclic amines) is 1. The number of aromatic nitrogens is 1. The van der Waals surface area contributed by atoms with Gasteiger partial charge in [0.25, 0.3) is 0 Å². The van der Waals surface area contributed by atoms with E-state index in [0.29, 0.717) is 23.3 Å². The molecule has 4 aliphatic rings. The van der Waals surface area contributed by atoms with Crippen molar-refractivity contribution in [2.45, 2.75) is 51.1 Å². The van der Waals surface area contributed by atoms with Crippen molar-refractivity contribution in [3.8, 4) is 0 Å². The van der Waals surface area contributed by atoms with E-state index in [-0.39, 0.29) is 0 Å². The predicted molar refractivity (Wildman–Crippen MR) is 101 cm³/mol. The smallest absolute Gasteiger partial charge is 0.222 e. The Morgan fingerprint density at radius 3 is 3.00 bits per heavy atom. The molecule has 2 saturated carbocycles. The number of rotatable bonds is 7. The highest BCUT2D eigenvalue weighted by Crippen LogP contribution is 2.70. The Kier molecular flexibility index (Phi) is 4.11. The second kappa shape index (κ2) is 6.49. The third-order valence-electron chi connectivity index (χ3n) is 7.43. The zero-order valence-corrected chi connectivity index (χ0v) is 15.4. The van der Waals surface area contributed by atoms with Gasteiger partial charge in [0.05, 0.1) is 0 Å². The van der Waals surface area contributed by atoms with Gasteiger partial charge in [-0.25, -0.2) is 0 Å². The average molecular weight is 351 g/mol. The minimum Gasteiger partial charge on any atom is -0.339 e. The van der Waals surface area contributed by atoms with Gasteiger partial charge in [0.2, 0.25) is 5.91 Å². The molecule has 26 heavy (non-hydrogen) atoms. The van der Waals surface area contributed by atoms with Crippen LogP contribution >= 0.6 is 0 Å². The van der Waals surface area contributed by atoms with Crippen molar-refractivity contribution in [3.05, 3.63) is 42.2 Å². The molecular weight excluding hydrogens is 322 g/mol. The molecule has 3 fully saturated rings. The van der Waals surface area contributed by atoms with Crippen molar-refractivity contribution in [1.82, 2.24) is 15.2 Å². The van der Waals surface area contributed by atoms with Crippen LogP contribution in [0.15, 0.2) is 36.7 Å². The molecule has 1 aliphatic heterocycles. The molecule has 1 amide bonds. The maximum Gasteiger partial charge on any atom is 0.222 e. The average Bonchev–Trinajstić information content (AvgIpc) is 3.22. The Labute approximate surface area is 156 Å². The number of allylic oxidation sites excluding steroid dienone is 2. The van der Waals surface area contributed by atoms with Crippen molar-refractivity contribution in [3.63, 3.8) is 0 Å². The molecule has 1 aromatic rings. The van der Waals surface area contributed by atoms with Gasteiger partial charge in [-0.1, -0.05) is 18.2 Å². The van der Waals surface area contributed by atoms with Crippen molar-refractivity contribution in [1.29, 1.82) is 0 Å². The van der Waals surface area contributed by atoms with Gasteiger partial charge in [-0.15, -0.1) is 0 Å². The molecule has 0 unspecified atom stereocenters. The summed E-state index contributed by atoms with van der Waals surface area (Å²) < 4.78 is 0. The van der Waals surface area contributed by atoms with E-state index in [2.05, 4.69) is 33.4 Å². The standard InChI is InChI=1S/C22H29N3O/c26-21-6-4-19(7-11-24-14-16-2-1-10-23-13-16)25(21)15-17-12-18-3-5-20(17)22(18)8-9-22/h1-3,5,10,13,17-20,24H,4,6-9,11-12,14-15H2/t17-,18-,19+,20-/m1/s1. The maximum atomic E-state index is 12.5. The minimum atomic E-state index is 0.388. The zero-order valence-electron chi connectivity index (χ0n) is 15.4. The highest BCUT2D eigenvalue weighted by molar-refractivity contribution is 5.78. The van der Waals surface area contributed by atoms with Crippen LogP contribution in [0.25, 0.3) is 0 Å². The van der Waals surface area contributed by atoms with Gasteiger partial charge < -0.3 is 10.2 Å². The van der Waals surface area contributed by atoms with Crippen molar-refractivity contribution in [2.24, 2.45) is 23.2 Å². The number of hydrogen-bond donors (Lipinski definition) is 1. The second-order valence-electron chi connectivity index (χ2n) is 8.81. The van der Waals surface area contributed by atoms with Crippen LogP contribution in [-0.2, 0) is 11.3 Å². The van der Waals surface area contributed by atoms with Crippen molar-refractivity contribution < 1.29 is 4.79 Å². The number of nitrogens with one attached hydrogen (secondary N) is 1. The molecule has 0 aromatic carbocycles. The molecule has 2 bridgehead atoms. The predicted octanol–water partition coefficient (Wildman–Crippen LogP) is 3.15. The Balaban J connectivity index is 1.14. The Morgan fingerprint density at radius 2 is 2.23 bits per heavy atom. The number of carbonyl (C=O) groups is 1. The van der Waals surface area contributed by atoms with Gasteiger partial charge in [0, 0.05) is 37.9 Å². The van der Waals surface area contributed by atoms with E-state index in [0.717, 1.165) is 50.7 Å². The van der Waals surface area contributed by atoms with Crippen LogP contribution in [0.4, 0.5) is 0 Å². The summed E-state index contributed by atoms with van der Waals surface area (Å²) in [5.74, 6) is 2.67. The monoisotopic (exact) mass is 351 g/mol. The molecule has 3 aliphatic carbocycles. The molecule has 4 heteroatoms. The van der Waals surface area contributed by atoms with Gasteiger partial charge in [-0.2, -0.15) is 0 Å². The normalized spacial score (nSPS) is 33.5. The van der Waals surface area contributed by atoms with Crippen LogP contribution in [0.2, 0.25) is 0 Å². The van der Waals surface area contributed by atoms with Gasteiger partial charge in [0.15, 0.2) is 0 Å². The summed E-state index contributed by atoms with van der Waals surface area (Å²) in [4.78, 5) is 18.9. The lowest BCUT2D eigenvalue weighted by atomic mass is 9.88. The van der Waals surface area contributed by atoms with Gasteiger partial charge in [-0.3, -0.25) is 9.78 Å². The molecule has 1 aromatic heterocycles. The molecular formula is C22H29N3O. The van der Waals surface area contributed by atoms with Crippen molar-refractivity contribution >= 4 is 5.91 Å². The topological polar surface area (TPSA) is 45.2 Å². The molecule has 4 atom stereocenters. The van der Waals surface area contributed by atoms with Gasteiger partial charge >= 0.3 is 0 Å². The van der Waals surface area contributed by atoms with E-state index < -0.39 is 0 Å².